The minimum Gasteiger partial charge on any atom is -0.271 e. The van der Waals surface area contributed by atoms with Gasteiger partial charge in [0.15, 0.2) is 0 Å². The third-order valence-corrected chi connectivity index (χ3v) is 5.90. The Labute approximate surface area is 118 Å². The number of allylic oxidation sites excluding steroid dienone is 1. The minimum atomic E-state index is 0.461. The van der Waals surface area contributed by atoms with Crippen molar-refractivity contribution in [3.8, 4) is 0 Å². The Hall–Kier alpha value is -0.340. The lowest BCUT2D eigenvalue weighted by molar-refractivity contribution is 0.287. The molecule has 0 aliphatic heterocycles. The van der Waals surface area contributed by atoms with Gasteiger partial charge in [-0.05, 0) is 69.1 Å². The van der Waals surface area contributed by atoms with Crippen molar-refractivity contribution in [2.24, 2.45) is 23.6 Å². The summed E-state index contributed by atoms with van der Waals surface area (Å²) in [7, 11) is 0. The van der Waals surface area contributed by atoms with E-state index < -0.39 is 0 Å². The van der Waals surface area contributed by atoms with E-state index in [-0.39, 0.29) is 0 Å². The summed E-state index contributed by atoms with van der Waals surface area (Å²) in [4.78, 5) is 0. The maximum atomic E-state index is 5.88. The third-order valence-electron chi connectivity index (χ3n) is 5.90. The van der Waals surface area contributed by atoms with Crippen molar-refractivity contribution in [1.29, 1.82) is 0 Å². The Balaban J connectivity index is 1.59. The summed E-state index contributed by atoms with van der Waals surface area (Å²) in [5.41, 5.74) is 4.75. The normalized spacial score (nSPS) is 36.7. The van der Waals surface area contributed by atoms with Crippen LogP contribution >= 0.6 is 0 Å². The van der Waals surface area contributed by atoms with Crippen molar-refractivity contribution < 1.29 is 0 Å². The molecule has 3 N–H and O–H groups in total. The highest BCUT2D eigenvalue weighted by atomic mass is 15.2. The Morgan fingerprint density at radius 1 is 1.16 bits per heavy atom. The Morgan fingerprint density at radius 3 is 2.79 bits per heavy atom. The summed E-state index contributed by atoms with van der Waals surface area (Å²) in [5, 5.41) is 0. The molecule has 0 heterocycles. The number of nitrogens with two attached hydrogens (primary N) is 1. The van der Waals surface area contributed by atoms with Crippen molar-refractivity contribution in [2.75, 3.05) is 0 Å². The molecule has 2 heteroatoms. The molecular formula is C17H30N2. The van der Waals surface area contributed by atoms with Gasteiger partial charge in [0.2, 0.25) is 0 Å². The van der Waals surface area contributed by atoms with Gasteiger partial charge in [0, 0.05) is 6.04 Å². The molecule has 0 spiro atoms. The van der Waals surface area contributed by atoms with Crippen molar-refractivity contribution in [1.82, 2.24) is 5.43 Å². The molecule has 3 aliphatic rings. The maximum absolute atomic E-state index is 5.88. The molecular weight excluding hydrogens is 232 g/mol. The molecule has 0 amide bonds. The molecule has 2 nitrogen and oxygen atoms in total. The summed E-state index contributed by atoms with van der Waals surface area (Å²) in [6.45, 7) is 0. The van der Waals surface area contributed by atoms with Crippen LogP contribution in [0, 0.1) is 17.8 Å². The largest absolute Gasteiger partial charge is 0.271 e. The average molecular weight is 262 g/mol. The molecule has 2 saturated carbocycles. The van der Waals surface area contributed by atoms with E-state index in [4.69, 9.17) is 5.84 Å². The second-order valence-electron chi connectivity index (χ2n) is 7.12. The fourth-order valence-electron chi connectivity index (χ4n) is 4.83. The molecule has 2 bridgehead atoms. The highest BCUT2D eigenvalue weighted by molar-refractivity contribution is 5.12. The Kier molecular flexibility index (Phi) is 4.60. The van der Waals surface area contributed by atoms with Crippen LogP contribution in [0.25, 0.3) is 0 Å². The zero-order chi connectivity index (χ0) is 13.1. The second-order valence-corrected chi connectivity index (χ2v) is 7.12. The molecule has 0 saturated heterocycles. The van der Waals surface area contributed by atoms with Crippen LogP contribution in [0.3, 0.4) is 0 Å². The molecule has 0 aromatic carbocycles. The number of hydrogen-bond donors (Lipinski definition) is 2. The van der Waals surface area contributed by atoms with Gasteiger partial charge < -0.3 is 0 Å². The average Bonchev–Trinajstić information content (AvgIpc) is 2.98. The summed E-state index contributed by atoms with van der Waals surface area (Å²) in [5.74, 6) is 8.91. The fraction of sp³-hybridized carbons (Fsp3) is 0.882. The smallest absolute Gasteiger partial charge is 0.0422 e. The van der Waals surface area contributed by atoms with Gasteiger partial charge in [-0.25, -0.2) is 0 Å². The molecule has 4 unspecified atom stereocenters. The summed E-state index contributed by atoms with van der Waals surface area (Å²) in [6, 6.07) is 0.461. The van der Waals surface area contributed by atoms with Crippen molar-refractivity contribution >= 4 is 0 Å². The summed E-state index contributed by atoms with van der Waals surface area (Å²) >= 11 is 0. The van der Waals surface area contributed by atoms with E-state index in [1.807, 2.05) is 0 Å². The molecule has 4 atom stereocenters. The zero-order valence-electron chi connectivity index (χ0n) is 12.2. The van der Waals surface area contributed by atoms with Crippen LogP contribution in [0.1, 0.15) is 70.6 Å². The van der Waals surface area contributed by atoms with Crippen LogP contribution in [0.2, 0.25) is 0 Å². The number of rotatable bonds is 4. The van der Waals surface area contributed by atoms with E-state index in [1.165, 1.54) is 70.6 Å². The van der Waals surface area contributed by atoms with E-state index in [1.54, 1.807) is 5.57 Å². The zero-order valence-corrected chi connectivity index (χ0v) is 12.2. The van der Waals surface area contributed by atoms with Gasteiger partial charge in [-0.2, -0.15) is 0 Å². The first kappa shape index (κ1) is 13.6. The lowest BCUT2D eigenvalue weighted by atomic mass is 9.81. The molecule has 3 rings (SSSR count). The van der Waals surface area contributed by atoms with Crippen LogP contribution in [0.5, 0.6) is 0 Å². The third kappa shape index (κ3) is 3.22. The summed E-state index contributed by atoms with van der Waals surface area (Å²) in [6.07, 6.45) is 17.9. The number of fused-ring (bicyclic) bond motifs is 2. The van der Waals surface area contributed by atoms with Gasteiger partial charge in [-0.15, -0.1) is 0 Å². The first-order chi connectivity index (χ1) is 9.36. The van der Waals surface area contributed by atoms with Gasteiger partial charge in [0.05, 0.1) is 0 Å². The molecule has 108 valence electrons. The first-order valence-corrected chi connectivity index (χ1v) is 8.52. The molecule has 3 aliphatic carbocycles. The highest BCUT2D eigenvalue weighted by Crippen LogP contribution is 2.50. The predicted octanol–water partition coefficient (Wildman–Crippen LogP) is 3.93. The number of hydrogen-bond acceptors (Lipinski definition) is 2. The number of nitrogens with one attached hydrogen (secondary N) is 1. The Morgan fingerprint density at radius 2 is 2.05 bits per heavy atom. The molecule has 2 fully saturated rings. The van der Waals surface area contributed by atoms with Crippen LogP contribution in [0.4, 0.5) is 0 Å². The molecule has 0 aromatic heterocycles. The van der Waals surface area contributed by atoms with Crippen LogP contribution in [-0.2, 0) is 0 Å². The van der Waals surface area contributed by atoms with E-state index in [9.17, 15) is 0 Å². The van der Waals surface area contributed by atoms with Crippen LogP contribution in [0.15, 0.2) is 11.6 Å². The molecule has 0 radical (unpaired) electrons. The van der Waals surface area contributed by atoms with Crippen molar-refractivity contribution in [3.63, 3.8) is 0 Å². The van der Waals surface area contributed by atoms with E-state index in [0.717, 1.165) is 17.8 Å². The lowest BCUT2D eigenvalue weighted by Gasteiger charge is -2.28. The number of hydrazine groups is 1. The topological polar surface area (TPSA) is 38.0 Å². The van der Waals surface area contributed by atoms with E-state index in [0.29, 0.717) is 6.04 Å². The van der Waals surface area contributed by atoms with Crippen molar-refractivity contribution in [2.45, 2.75) is 76.7 Å². The monoisotopic (exact) mass is 262 g/mol. The van der Waals surface area contributed by atoms with Gasteiger partial charge in [0.25, 0.3) is 0 Å². The van der Waals surface area contributed by atoms with E-state index >= 15 is 0 Å². The van der Waals surface area contributed by atoms with Gasteiger partial charge in [-0.3, -0.25) is 11.3 Å². The predicted molar refractivity (Wildman–Crippen MR) is 80.5 cm³/mol. The maximum Gasteiger partial charge on any atom is 0.0422 e. The quantitative estimate of drug-likeness (QED) is 0.458. The Bertz CT molecular complexity index is 323. The van der Waals surface area contributed by atoms with Gasteiger partial charge in [-0.1, -0.05) is 30.9 Å². The molecule has 19 heavy (non-hydrogen) atoms. The second kappa shape index (κ2) is 6.41. The minimum absolute atomic E-state index is 0.461. The SMILES string of the molecule is NNC(CC1CC2CCC1C2)C1=CCCCCCC1. The van der Waals surface area contributed by atoms with Crippen molar-refractivity contribution in [3.05, 3.63) is 11.6 Å². The van der Waals surface area contributed by atoms with Gasteiger partial charge >= 0.3 is 0 Å². The van der Waals surface area contributed by atoms with Crippen LogP contribution < -0.4 is 11.3 Å². The highest BCUT2D eigenvalue weighted by Gasteiger charge is 2.40. The van der Waals surface area contributed by atoms with Crippen LogP contribution in [-0.4, -0.2) is 6.04 Å². The first-order valence-electron chi connectivity index (χ1n) is 8.52. The standard InChI is InChI=1S/C17H30N2/c18-19-17(14-6-4-2-1-3-5-7-14)12-16-11-13-8-9-15(16)10-13/h6,13,15-17,19H,1-5,7-12,18H2. The lowest BCUT2D eigenvalue weighted by Crippen LogP contribution is -2.39. The molecule has 0 aromatic rings. The van der Waals surface area contributed by atoms with Gasteiger partial charge in [0.1, 0.15) is 0 Å². The van der Waals surface area contributed by atoms with E-state index in [2.05, 4.69) is 11.5 Å². The summed E-state index contributed by atoms with van der Waals surface area (Å²) < 4.78 is 0. The fourth-order valence-corrected chi connectivity index (χ4v) is 4.83.